The SMILES string of the molecule is CCC1(C(=O)OC2CC3CC2C(C)C3C)C2CC3CC(C2)CC1C3. The summed E-state index contributed by atoms with van der Waals surface area (Å²) in [5.41, 5.74) is -0.121. The van der Waals surface area contributed by atoms with Gasteiger partial charge in [0.2, 0.25) is 0 Å². The topological polar surface area (TPSA) is 26.3 Å². The molecule has 0 aromatic heterocycles. The Hall–Kier alpha value is -0.530. The minimum atomic E-state index is -0.121. The highest BCUT2D eigenvalue weighted by Crippen LogP contribution is 2.64. The van der Waals surface area contributed by atoms with Crippen LogP contribution in [-0.4, -0.2) is 12.1 Å². The molecular weight excluding hydrogens is 296 g/mol. The summed E-state index contributed by atoms with van der Waals surface area (Å²) in [4.78, 5) is 13.5. The van der Waals surface area contributed by atoms with Crippen LogP contribution in [0.1, 0.15) is 72.1 Å². The van der Waals surface area contributed by atoms with Crippen LogP contribution in [0, 0.1) is 52.8 Å². The second kappa shape index (κ2) is 5.24. The summed E-state index contributed by atoms with van der Waals surface area (Å²) in [6, 6.07) is 0. The Bertz CT molecular complexity index is 508. The number of ether oxygens (including phenoxy) is 1. The van der Waals surface area contributed by atoms with Crippen molar-refractivity contribution in [1.29, 1.82) is 0 Å². The summed E-state index contributed by atoms with van der Waals surface area (Å²) in [5, 5.41) is 0. The van der Waals surface area contributed by atoms with E-state index in [9.17, 15) is 4.79 Å². The zero-order chi connectivity index (χ0) is 16.6. The molecular formula is C22H34O2. The summed E-state index contributed by atoms with van der Waals surface area (Å²) in [6.07, 6.45) is 10.4. The molecule has 0 aliphatic heterocycles. The van der Waals surface area contributed by atoms with Crippen molar-refractivity contribution in [2.75, 3.05) is 0 Å². The van der Waals surface area contributed by atoms with Gasteiger partial charge in [0, 0.05) is 0 Å². The molecule has 6 rings (SSSR count). The molecule has 6 saturated carbocycles. The second-order valence-corrected chi connectivity index (χ2v) is 10.3. The number of carbonyl (C=O) groups is 1. The molecule has 6 bridgehead atoms. The van der Waals surface area contributed by atoms with Gasteiger partial charge in [-0.3, -0.25) is 4.79 Å². The van der Waals surface area contributed by atoms with Crippen LogP contribution in [0.25, 0.3) is 0 Å². The second-order valence-electron chi connectivity index (χ2n) is 10.3. The van der Waals surface area contributed by atoms with Crippen molar-refractivity contribution in [2.45, 2.75) is 78.2 Å². The van der Waals surface area contributed by atoms with Gasteiger partial charge in [0.25, 0.3) is 0 Å². The molecule has 0 radical (unpaired) electrons. The van der Waals surface area contributed by atoms with E-state index in [0.29, 0.717) is 17.8 Å². The van der Waals surface area contributed by atoms with E-state index >= 15 is 0 Å². The van der Waals surface area contributed by atoms with Crippen LogP contribution in [0.2, 0.25) is 0 Å². The number of rotatable bonds is 3. The van der Waals surface area contributed by atoms with Crippen LogP contribution < -0.4 is 0 Å². The first-order valence-corrected chi connectivity index (χ1v) is 10.7. The zero-order valence-corrected chi connectivity index (χ0v) is 15.7. The van der Waals surface area contributed by atoms with E-state index in [-0.39, 0.29) is 17.5 Å². The molecule has 0 amide bonds. The average Bonchev–Trinajstić information content (AvgIpc) is 3.07. The van der Waals surface area contributed by atoms with Crippen LogP contribution in [0.4, 0.5) is 0 Å². The molecule has 6 aliphatic carbocycles. The Kier molecular flexibility index (Phi) is 3.43. The molecule has 0 heterocycles. The van der Waals surface area contributed by atoms with E-state index in [4.69, 9.17) is 4.74 Å². The fraction of sp³-hybridized carbons (Fsp3) is 0.955. The molecule has 5 atom stereocenters. The lowest BCUT2D eigenvalue weighted by molar-refractivity contribution is -0.193. The summed E-state index contributed by atoms with van der Waals surface area (Å²) >= 11 is 0. The molecule has 2 nitrogen and oxygen atoms in total. The number of hydrogen-bond acceptors (Lipinski definition) is 2. The molecule has 0 aromatic rings. The normalized spacial score (nSPS) is 57.5. The molecule has 5 unspecified atom stereocenters. The van der Waals surface area contributed by atoms with Crippen LogP contribution in [0.15, 0.2) is 0 Å². The summed E-state index contributed by atoms with van der Waals surface area (Å²) in [7, 11) is 0. The Morgan fingerprint density at radius 2 is 1.54 bits per heavy atom. The highest BCUT2D eigenvalue weighted by molar-refractivity contribution is 5.78. The molecule has 24 heavy (non-hydrogen) atoms. The zero-order valence-electron chi connectivity index (χ0n) is 15.7. The van der Waals surface area contributed by atoms with Crippen molar-refractivity contribution in [3.8, 4) is 0 Å². The van der Waals surface area contributed by atoms with Crippen molar-refractivity contribution in [3.05, 3.63) is 0 Å². The average molecular weight is 331 g/mol. The van der Waals surface area contributed by atoms with Gasteiger partial charge in [0.15, 0.2) is 0 Å². The van der Waals surface area contributed by atoms with Crippen LogP contribution in [-0.2, 0) is 9.53 Å². The molecule has 0 aromatic carbocycles. The van der Waals surface area contributed by atoms with Crippen LogP contribution in [0.5, 0.6) is 0 Å². The summed E-state index contributed by atoms with van der Waals surface area (Å²) in [6.45, 7) is 7.04. The molecule has 0 spiro atoms. The predicted molar refractivity (Wildman–Crippen MR) is 94.2 cm³/mol. The van der Waals surface area contributed by atoms with Gasteiger partial charge >= 0.3 is 5.97 Å². The van der Waals surface area contributed by atoms with Gasteiger partial charge in [-0.15, -0.1) is 0 Å². The smallest absolute Gasteiger partial charge is 0.312 e. The maximum atomic E-state index is 13.5. The highest BCUT2D eigenvalue weighted by atomic mass is 16.5. The lowest BCUT2D eigenvalue weighted by Gasteiger charge is -2.60. The predicted octanol–water partition coefficient (Wildman–Crippen LogP) is 5.06. The fourth-order valence-corrected chi connectivity index (χ4v) is 8.34. The van der Waals surface area contributed by atoms with E-state index < -0.39 is 0 Å². The van der Waals surface area contributed by atoms with Crippen molar-refractivity contribution < 1.29 is 9.53 Å². The van der Waals surface area contributed by atoms with Gasteiger partial charge in [-0.1, -0.05) is 20.8 Å². The lowest BCUT2D eigenvalue weighted by Crippen LogP contribution is -2.57. The highest BCUT2D eigenvalue weighted by Gasteiger charge is 2.61. The monoisotopic (exact) mass is 330 g/mol. The first-order chi connectivity index (χ1) is 11.5. The maximum Gasteiger partial charge on any atom is 0.312 e. The fourth-order valence-electron chi connectivity index (χ4n) is 8.34. The number of carbonyl (C=O) groups excluding carboxylic acids is 1. The van der Waals surface area contributed by atoms with Gasteiger partial charge in [-0.05, 0) is 98.7 Å². The number of esters is 1. The lowest BCUT2D eigenvalue weighted by atomic mass is 9.44. The van der Waals surface area contributed by atoms with E-state index in [1.165, 1.54) is 38.5 Å². The third-order valence-electron chi connectivity index (χ3n) is 9.65. The Balaban J connectivity index is 1.36. The molecule has 6 aliphatic rings. The standard InChI is InChI=1S/C22H34O2/c1-4-22(17-6-14-5-15(8-17)9-18(22)7-14)21(23)24-20-11-16-10-19(20)13(3)12(16)2/h12-20H,4-11H2,1-3H3. The first-order valence-electron chi connectivity index (χ1n) is 10.7. The number of fused-ring (bicyclic) bond motifs is 2. The third-order valence-corrected chi connectivity index (χ3v) is 9.65. The van der Waals surface area contributed by atoms with E-state index in [1.807, 2.05) is 0 Å². The Morgan fingerprint density at radius 3 is 2.04 bits per heavy atom. The molecule has 2 heteroatoms. The minimum Gasteiger partial charge on any atom is -0.462 e. The van der Waals surface area contributed by atoms with Crippen molar-refractivity contribution >= 4 is 5.97 Å². The first kappa shape index (κ1) is 15.7. The molecule has 6 fully saturated rings. The van der Waals surface area contributed by atoms with Crippen LogP contribution in [0.3, 0.4) is 0 Å². The molecule has 134 valence electrons. The molecule has 0 N–H and O–H groups in total. The van der Waals surface area contributed by atoms with Crippen molar-refractivity contribution in [2.24, 2.45) is 52.8 Å². The van der Waals surface area contributed by atoms with Crippen LogP contribution >= 0.6 is 0 Å². The largest absolute Gasteiger partial charge is 0.462 e. The minimum absolute atomic E-state index is 0.121. The van der Waals surface area contributed by atoms with Gasteiger partial charge in [-0.25, -0.2) is 0 Å². The van der Waals surface area contributed by atoms with Gasteiger partial charge < -0.3 is 4.74 Å². The Morgan fingerprint density at radius 1 is 0.917 bits per heavy atom. The van der Waals surface area contributed by atoms with Gasteiger partial charge in [-0.2, -0.15) is 0 Å². The summed E-state index contributed by atoms with van der Waals surface area (Å²) in [5.74, 6) is 6.31. The van der Waals surface area contributed by atoms with E-state index in [2.05, 4.69) is 20.8 Å². The Labute approximate surface area is 147 Å². The van der Waals surface area contributed by atoms with Gasteiger partial charge in [0.1, 0.15) is 6.10 Å². The van der Waals surface area contributed by atoms with Crippen molar-refractivity contribution in [3.63, 3.8) is 0 Å². The van der Waals surface area contributed by atoms with E-state index in [0.717, 1.165) is 42.4 Å². The maximum absolute atomic E-state index is 13.5. The van der Waals surface area contributed by atoms with E-state index in [1.54, 1.807) is 0 Å². The third kappa shape index (κ3) is 1.92. The van der Waals surface area contributed by atoms with Crippen molar-refractivity contribution in [1.82, 2.24) is 0 Å². The van der Waals surface area contributed by atoms with Gasteiger partial charge in [0.05, 0.1) is 5.41 Å². The molecule has 0 saturated heterocycles. The summed E-state index contributed by atoms with van der Waals surface area (Å²) < 4.78 is 6.35. The quantitative estimate of drug-likeness (QED) is 0.676. The number of hydrogen-bond donors (Lipinski definition) is 0.